The number of rotatable bonds is 4. The first-order valence-corrected chi connectivity index (χ1v) is 6.61. The third-order valence-electron chi connectivity index (χ3n) is 1.78. The molecule has 14 heavy (non-hydrogen) atoms. The third-order valence-corrected chi connectivity index (χ3v) is 3.76. The summed E-state index contributed by atoms with van der Waals surface area (Å²) in [6, 6.07) is 3.94. The number of benzene rings is 1. The Labute approximate surface area is 93.8 Å². The second kappa shape index (κ2) is 5.41. The summed E-state index contributed by atoms with van der Waals surface area (Å²) >= 11 is 3.46. The standard InChI is InChI=1S/C10H16N2S2/c1-3-13-8-6-5-7(11)10(9(8)12)14-4-2/h5-6H,3-4,11-12H2,1-2H3. The molecule has 1 rings (SSSR count). The molecule has 0 aliphatic rings. The summed E-state index contributed by atoms with van der Waals surface area (Å²) in [5.74, 6) is 2.03. The molecule has 0 amide bonds. The van der Waals surface area contributed by atoms with E-state index >= 15 is 0 Å². The molecular weight excluding hydrogens is 212 g/mol. The second-order valence-corrected chi connectivity index (χ2v) is 5.34. The highest BCUT2D eigenvalue weighted by Crippen LogP contribution is 2.37. The van der Waals surface area contributed by atoms with E-state index in [2.05, 4.69) is 13.8 Å². The van der Waals surface area contributed by atoms with Gasteiger partial charge in [-0.15, -0.1) is 23.5 Å². The van der Waals surface area contributed by atoms with Gasteiger partial charge in [0.2, 0.25) is 0 Å². The van der Waals surface area contributed by atoms with Crippen LogP contribution in [0.3, 0.4) is 0 Å². The average molecular weight is 228 g/mol. The molecule has 1 aromatic rings. The Hall–Kier alpha value is -0.480. The predicted octanol–water partition coefficient (Wildman–Crippen LogP) is 3.08. The van der Waals surface area contributed by atoms with Crippen molar-refractivity contribution in [1.82, 2.24) is 0 Å². The molecule has 0 aromatic heterocycles. The summed E-state index contributed by atoms with van der Waals surface area (Å²) in [5.41, 5.74) is 13.5. The summed E-state index contributed by atoms with van der Waals surface area (Å²) in [6.45, 7) is 4.22. The number of nitrogen functional groups attached to an aromatic ring is 2. The highest BCUT2D eigenvalue weighted by atomic mass is 32.2. The van der Waals surface area contributed by atoms with E-state index in [1.165, 1.54) is 0 Å². The van der Waals surface area contributed by atoms with Gasteiger partial charge in [-0.1, -0.05) is 13.8 Å². The first-order chi connectivity index (χ1) is 6.70. The topological polar surface area (TPSA) is 52.0 Å². The van der Waals surface area contributed by atoms with E-state index in [9.17, 15) is 0 Å². The molecule has 0 saturated carbocycles. The molecular formula is C10H16N2S2. The van der Waals surface area contributed by atoms with Crippen LogP contribution in [0.5, 0.6) is 0 Å². The van der Waals surface area contributed by atoms with Gasteiger partial charge in [-0.05, 0) is 23.6 Å². The molecule has 0 bridgehead atoms. The van der Waals surface area contributed by atoms with Crippen molar-refractivity contribution in [2.45, 2.75) is 23.6 Å². The van der Waals surface area contributed by atoms with Gasteiger partial charge in [-0.25, -0.2) is 0 Å². The zero-order valence-electron chi connectivity index (χ0n) is 8.54. The van der Waals surface area contributed by atoms with Crippen molar-refractivity contribution in [3.05, 3.63) is 12.1 Å². The summed E-state index contributed by atoms with van der Waals surface area (Å²) in [7, 11) is 0. The summed E-state index contributed by atoms with van der Waals surface area (Å²) in [4.78, 5) is 2.17. The van der Waals surface area contributed by atoms with E-state index in [4.69, 9.17) is 11.5 Å². The van der Waals surface area contributed by atoms with Gasteiger partial charge in [0.15, 0.2) is 0 Å². The number of anilines is 2. The van der Waals surface area contributed by atoms with Crippen molar-refractivity contribution in [3.63, 3.8) is 0 Å². The van der Waals surface area contributed by atoms with Crippen molar-refractivity contribution in [1.29, 1.82) is 0 Å². The van der Waals surface area contributed by atoms with Crippen LogP contribution in [0.1, 0.15) is 13.8 Å². The minimum Gasteiger partial charge on any atom is -0.398 e. The van der Waals surface area contributed by atoms with Gasteiger partial charge in [-0.2, -0.15) is 0 Å². The average Bonchev–Trinajstić information content (AvgIpc) is 2.17. The van der Waals surface area contributed by atoms with Gasteiger partial charge >= 0.3 is 0 Å². The van der Waals surface area contributed by atoms with Crippen LogP contribution in [0.15, 0.2) is 21.9 Å². The number of thioether (sulfide) groups is 2. The molecule has 0 unspecified atom stereocenters. The fraction of sp³-hybridized carbons (Fsp3) is 0.400. The highest BCUT2D eigenvalue weighted by Gasteiger charge is 2.08. The largest absolute Gasteiger partial charge is 0.398 e. The Morgan fingerprint density at radius 3 is 2.29 bits per heavy atom. The van der Waals surface area contributed by atoms with Crippen LogP contribution < -0.4 is 11.5 Å². The summed E-state index contributed by atoms with van der Waals surface area (Å²) < 4.78 is 0. The normalized spacial score (nSPS) is 10.4. The van der Waals surface area contributed by atoms with Gasteiger partial charge in [0, 0.05) is 10.6 Å². The SMILES string of the molecule is CCSc1ccc(N)c(SCC)c1N. The van der Waals surface area contributed by atoms with Gasteiger partial charge < -0.3 is 11.5 Å². The highest BCUT2D eigenvalue weighted by molar-refractivity contribution is 8.00. The Balaban J connectivity index is 3.05. The minimum atomic E-state index is 0.787. The lowest BCUT2D eigenvalue weighted by Crippen LogP contribution is -1.97. The Morgan fingerprint density at radius 1 is 1.07 bits per heavy atom. The maximum absolute atomic E-state index is 6.03. The van der Waals surface area contributed by atoms with Crippen LogP contribution in [-0.4, -0.2) is 11.5 Å². The van der Waals surface area contributed by atoms with Gasteiger partial charge in [0.05, 0.1) is 10.6 Å². The molecule has 78 valence electrons. The van der Waals surface area contributed by atoms with E-state index in [0.717, 1.165) is 32.7 Å². The number of hydrogen-bond donors (Lipinski definition) is 2. The molecule has 4 heteroatoms. The smallest absolute Gasteiger partial charge is 0.0611 e. The maximum atomic E-state index is 6.03. The van der Waals surface area contributed by atoms with Crippen LogP contribution >= 0.6 is 23.5 Å². The van der Waals surface area contributed by atoms with E-state index in [1.54, 1.807) is 23.5 Å². The molecule has 0 saturated heterocycles. The lowest BCUT2D eigenvalue weighted by molar-refractivity contribution is 1.33. The lowest BCUT2D eigenvalue weighted by Gasteiger charge is -2.11. The van der Waals surface area contributed by atoms with E-state index in [-0.39, 0.29) is 0 Å². The van der Waals surface area contributed by atoms with Crippen molar-refractivity contribution in [2.24, 2.45) is 0 Å². The van der Waals surface area contributed by atoms with E-state index < -0.39 is 0 Å². The molecule has 1 aromatic carbocycles. The predicted molar refractivity (Wildman–Crippen MR) is 68.1 cm³/mol. The quantitative estimate of drug-likeness (QED) is 0.614. The maximum Gasteiger partial charge on any atom is 0.0611 e. The van der Waals surface area contributed by atoms with Crippen molar-refractivity contribution < 1.29 is 0 Å². The Morgan fingerprint density at radius 2 is 1.71 bits per heavy atom. The van der Waals surface area contributed by atoms with Gasteiger partial charge in [-0.3, -0.25) is 0 Å². The fourth-order valence-corrected chi connectivity index (χ4v) is 2.77. The number of hydrogen-bond acceptors (Lipinski definition) is 4. The molecule has 0 radical (unpaired) electrons. The van der Waals surface area contributed by atoms with Crippen LogP contribution in [0.25, 0.3) is 0 Å². The Bertz CT molecular complexity index is 313. The number of nitrogens with two attached hydrogens (primary N) is 2. The van der Waals surface area contributed by atoms with Crippen molar-refractivity contribution in [3.8, 4) is 0 Å². The van der Waals surface area contributed by atoms with Gasteiger partial charge in [0.25, 0.3) is 0 Å². The molecule has 0 heterocycles. The van der Waals surface area contributed by atoms with E-state index in [0.29, 0.717) is 0 Å². The monoisotopic (exact) mass is 228 g/mol. The van der Waals surface area contributed by atoms with Crippen LogP contribution in [0.2, 0.25) is 0 Å². The summed E-state index contributed by atoms with van der Waals surface area (Å²) in [6.07, 6.45) is 0. The lowest BCUT2D eigenvalue weighted by atomic mass is 10.3. The molecule has 0 fully saturated rings. The molecule has 0 spiro atoms. The molecule has 0 aliphatic heterocycles. The zero-order valence-corrected chi connectivity index (χ0v) is 10.2. The fourth-order valence-electron chi connectivity index (χ4n) is 1.19. The Kier molecular flexibility index (Phi) is 4.48. The van der Waals surface area contributed by atoms with E-state index in [1.807, 2.05) is 12.1 Å². The van der Waals surface area contributed by atoms with Crippen molar-refractivity contribution in [2.75, 3.05) is 23.0 Å². The van der Waals surface area contributed by atoms with Gasteiger partial charge in [0.1, 0.15) is 0 Å². The minimum absolute atomic E-state index is 0.787. The molecule has 0 aliphatic carbocycles. The first kappa shape index (κ1) is 11.6. The molecule has 2 nitrogen and oxygen atoms in total. The third kappa shape index (κ3) is 2.51. The molecule has 0 atom stereocenters. The zero-order chi connectivity index (χ0) is 10.6. The molecule has 4 N–H and O–H groups in total. The summed E-state index contributed by atoms with van der Waals surface area (Å²) in [5, 5.41) is 0. The van der Waals surface area contributed by atoms with Crippen LogP contribution in [-0.2, 0) is 0 Å². The van der Waals surface area contributed by atoms with Crippen molar-refractivity contribution >= 4 is 34.9 Å². The van der Waals surface area contributed by atoms with Crippen LogP contribution in [0.4, 0.5) is 11.4 Å². The second-order valence-electron chi connectivity index (χ2n) is 2.76. The van der Waals surface area contributed by atoms with Crippen LogP contribution in [0, 0.1) is 0 Å². The first-order valence-electron chi connectivity index (χ1n) is 4.64.